The Morgan fingerprint density at radius 1 is 1.11 bits per heavy atom. The van der Waals surface area contributed by atoms with Crippen molar-refractivity contribution in [3.8, 4) is 11.5 Å². The third-order valence-corrected chi connectivity index (χ3v) is 5.98. The van der Waals surface area contributed by atoms with Gasteiger partial charge < -0.3 is 19.5 Å². The number of benzene rings is 2. The molecule has 2 aromatic carbocycles. The highest BCUT2D eigenvalue weighted by molar-refractivity contribution is 8.18. The van der Waals surface area contributed by atoms with Crippen LogP contribution in [0.15, 0.2) is 41.3 Å². The second-order valence-corrected chi connectivity index (χ2v) is 8.76. The number of methoxy groups -OCH3 is 1. The monoisotopic (exact) mass is 538 g/mol. The molecule has 0 unspecified atom stereocenters. The quantitative estimate of drug-likeness (QED) is 0.363. The molecule has 35 heavy (non-hydrogen) atoms. The van der Waals surface area contributed by atoms with E-state index in [1.165, 1.54) is 25.3 Å². The molecule has 1 aliphatic rings. The molecule has 1 heterocycles. The number of hydrogen-bond donors (Lipinski definition) is 1. The van der Waals surface area contributed by atoms with E-state index < -0.39 is 29.6 Å². The number of esters is 1. The molecule has 1 aliphatic heterocycles. The van der Waals surface area contributed by atoms with Crippen LogP contribution >= 0.6 is 35.0 Å². The second-order valence-electron chi connectivity index (χ2n) is 6.95. The van der Waals surface area contributed by atoms with Crippen LogP contribution in [0.3, 0.4) is 0 Å². The average Bonchev–Trinajstić information content (AvgIpc) is 3.06. The van der Waals surface area contributed by atoms with Gasteiger partial charge in [0, 0.05) is 5.69 Å². The zero-order valence-electron chi connectivity index (χ0n) is 18.6. The van der Waals surface area contributed by atoms with E-state index >= 15 is 0 Å². The fourth-order valence-corrected chi connectivity index (χ4v) is 4.39. The Hall–Kier alpha value is -3.21. The first-order valence-corrected chi connectivity index (χ1v) is 11.8. The molecule has 2 aromatic rings. The molecular weight excluding hydrogens is 519 g/mol. The molecule has 0 spiro atoms. The van der Waals surface area contributed by atoms with E-state index in [4.69, 9.17) is 37.4 Å². The molecule has 3 amide bonds. The first-order valence-electron chi connectivity index (χ1n) is 10.2. The Bertz CT molecular complexity index is 1160. The molecule has 0 aromatic heterocycles. The molecule has 1 fully saturated rings. The van der Waals surface area contributed by atoms with Crippen molar-refractivity contribution in [2.75, 3.05) is 32.2 Å². The van der Waals surface area contributed by atoms with Gasteiger partial charge in [-0.2, -0.15) is 0 Å². The fourth-order valence-electron chi connectivity index (χ4n) is 2.94. The largest absolute Gasteiger partial charge is 0.497 e. The molecule has 0 bridgehead atoms. The van der Waals surface area contributed by atoms with Gasteiger partial charge in [-0.1, -0.05) is 23.2 Å². The lowest BCUT2D eigenvalue weighted by atomic mass is 10.2. The third-order valence-electron chi connectivity index (χ3n) is 4.51. The van der Waals surface area contributed by atoms with Gasteiger partial charge in [0.15, 0.2) is 12.4 Å². The van der Waals surface area contributed by atoms with Crippen LogP contribution in [-0.2, 0) is 19.1 Å². The van der Waals surface area contributed by atoms with Crippen LogP contribution < -0.4 is 14.8 Å². The number of carbonyl (C=O) groups excluding carboxylic acids is 4. The Morgan fingerprint density at radius 2 is 1.77 bits per heavy atom. The number of amides is 3. The highest BCUT2D eigenvalue weighted by atomic mass is 35.5. The summed E-state index contributed by atoms with van der Waals surface area (Å²) in [7, 11) is 1.53. The van der Waals surface area contributed by atoms with Gasteiger partial charge in [-0.25, -0.2) is 4.79 Å². The van der Waals surface area contributed by atoms with Crippen LogP contribution in [-0.4, -0.2) is 54.8 Å². The van der Waals surface area contributed by atoms with Crippen LogP contribution in [0.2, 0.25) is 10.0 Å². The number of rotatable bonds is 9. The maximum Gasteiger partial charge on any atom is 0.344 e. The number of ether oxygens (including phenoxy) is 3. The normalized spacial score (nSPS) is 14.3. The van der Waals surface area contributed by atoms with Gasteiger partial charge >= 0.3 is 5.97 Å². The Kier molecular flexibility index (Phi) is 9.02. The molecular formula is C23H20Cl2N2O7S. The standard InChI is InChI=1S/C23H20Cl2N2O7S/c1-3-33-20(29)12-34-21-16(24)8-13(9-17(21)25)10-18-22(30)27(23(31)35-18)11-19(28)26-14-4-6-15(32-2)7-5-14/h4-10H,3,11-12H2,1-2H3,(H,26,28)/b18-10-. The molecule has 0 saturated carbocycles. The van der Waals surface area contributed by atoms with E-state index in [0.29, 0.717) is 28.8 Å². The summed E-state index contributed by atoms with van der Waals surface area (Å²) in [6.45, 7) is 1.06. The minimum absolute atomic E-state index is 0.0850. The lowest BCUT2D eigenvalue weighted by Crippen LogP contribution is -2.36. The van der Waals surface area contributed by atoms with Gasteiger partial charge in [-0.3, -0.25) is 19.3 Å². The molecule has 12 heteroatoms. The van der Waals surface area contributed by atoms with E-state index in [2.05, 4.69) is 5.32 Å². The number of carbonyl (C=O) groups is 4. The highest BCUT2D eigenvalue weighted by Gasteiger charge is 2.36. The SMILES string of the molecule is CCOC(=O)COc1c(Cl)cc(/C=C2\SC(=O)N(CC(=O)Nc3ccc(OC)cc3)C2=O)cc1Cl. The van der Waals surface area contributed by atoms with E-state index in [1.54, 1.807) is 31.2 Å². The van der Waals surface area contributed by atoms with Crippen molar-refractivity contribution in [3.63, 3.8) is 0 Å². The van der Waals surface area contributed by atoms with Gasteiger partial charge in [0.05, 0.1) is 28.7 Å². The summed E-state index contributed by atoms with van der Waals surface area (Å²) in [6.07, 6.45) is 1.43. The summed E-state index contributed by atoms with van der Waals surface area (Å²) >= 11 is 13.1. The summed E-state index contributed by atoms with van der Waals surface area (Å²) in [6, 6.07) is 9.55. The molecule has 184 valence electrons. The third kappa shape index (κ3) is 6.91. The number of thioether (sulfide) groups is 1. The number of nitrogens with one attached hydrogen (secondary N) is 1. The number of halogens is 2. The minimum atomic E-state index is -0.625. The van der Waals surface area contributed by atoms with Gasteiger partial charge in [-0.05, 0) is 66.7 Å². The maximum atomic E-state index is 12.7. The fraction of sp³-hybridized carbons (Fsp3) is 0.217. The molecule has 9 nitrogen and oxygen atoms in total. The van der Waals surface area contributed by atoms with Gasteiger partial charge in [0.1, 0.15) is 12.3 Å². The first kappa shape index (κ1) is 26.4. The molecule has 1 saturated heterocycles. The zero-order chi connectivity index (χ0) is 25.5. The van der Waals surface area contributed by atoms with Gasteiger partial charge in [0.2, 0.25) is 5.91 Å². The first-order chi connectivity index (χ1) is 16.7. The zero-order valence-corrected chi connectivity index (χ0v) is 21.0. The predicted molar refractivity (Wildman–Crippen MR) is 133 cm³/mol. The number of imide groups is 1. The molecule has 0 atom stereocenters. The van der Waals surface area contributed by atoms with Crippen LogP contribution in [0.1, 0.15) is 12.5 Å². The summed E-state index contributed by atoms with van der Waals surface area (Å²) in [5.41, 5.74) is 0.921. The van der Waals surface area contributed by atoms with Gasteiger partial charge in [0.25, 0.3) is 11.1 Å². The number of nitrogens with zero attached hydrogens (tertiary/aromatic N) is 1. The van der Waals surface area contributed by atoms with E-state index in [-0.39, 0.29) is 33.9 Å². The van der Waals surface area contributed by atoms with Crippen molar-refractivity contribution in [1.82, 2.24) is 4.90 Å². The highest BCUT2D eigenvalue weighted by Crippen LogP contribution is 2.37. The van der Waals surface area contributed by atoms with Crippen molar-refractivity contribution >= 4 is 69.8 Å². The molecule has 1 N–H and O–H groups in total. The van der Waals surface area contributed by atoms with E-state index in [1.807, 2.05) is 0 Å². The lowest BCUT2D eigenvalue weighted by Gasteiger charge is -2.12. The van der Waals surface area contributed by atoms with Crippen molar-refractivity contribution in [3.05, 3.63) is 56.9 Å². The smallest absolute Gasteiger partial charge is 0.344 e. The molecule has 0 radical (unpaired) electrons. The molecule has 3 rings (SSSR count). The summed E-state index contributed by atoms with van der Waals surface area (Å²) in [5, 5.41) is 2.24. The topological polar surface area (TPSA) is 111 Å². The van der Waals surface area contributed by atoms with Crippen molar-refractivity contribution < 1.29 is 33.4 Å². The lowest BCUT2D eigenvalue weighted by molar-refractivity contribution is -0.145. The Morgan fingerprint density at radius 3 is 2.37 bits per heavy atom. The number of anilines is 1. The van der Waals surface area contributed by atoms with E-state index in [9.17, 15) is 19.2 Å². The van der Waals surface area contributed by atoms with Crippen LogP contribution in [0.4, 0.5) is 10.5 Å². The summed E-state index contributed by atoms with van der Waals surface area (Å²) < 4.78 is 15.2. The summed E-state index contributed by atoms with van der Waals surface area (Å²) in [5.74, 6) is -1.03. The number of hydrogen-bond acceptors (Lipinski definition) is 8. The van der Waals surface area contributed by atoms with E-state index in [0.717, 1.165) is 4.90 Å². The van der Waals surface area contributed by atoms with Crippen LogP contribution in [0.5, 0.6) is 11.5 Å². The van der Waals surface area contributed by atoms with Crippen molar-refractivity contribution in [1.29, 1.82) is 0 Å². The van der Waals surface area contributed by atoms with Crippen LogP contribution in [0.25, 0.3) is 6.08 Å². The maximum absolute atomic E-state index is 12.7. The van der Waals surface area contributed by atoms with Crippen molar-refractivity contribution in [2.45, 2.75) is 6.92 Å². The summed E-state index contributed by atoms with van der Waals surface area (Å²) in [4.78, 5) is 49.9. The average molecular weight is 539 g/mol. The van der Waals surface area contributed by atoms with Gasteiger partial charge in [-0.15, -0.1) is 0 Å². The minimum Gasteiger partial charge on any atom is -0.497 e. The second kappa shape index (κ2) is 12.0. The van der Waals surface area contributed by atoms with Crippen LogP contribution in [0, 0.1) is 0 Å². The predicted octanol–water partition coefficient (Wildman–Crippen LogP) is 4.62. The Labute approximate surface area is 215 Å². The van der Waals surface area contributed by atoms with Crippen molar-refractivity contribution in [2.24, 2.45) is 0 Å². The molecule has 0 aliphatic carbocycles. The Balaban J connectivity index is 1.67.